The molecule has 2 rings (SSSR count). The fourth-order valence-electron chi connectivity index (χ4n) is 3.49. The second kappa shape index (κ2) is 6.25. The molecule has 1 amide bonds. The summed E-state index contributed by atoms with van der Waals surface area (Å²) in [4.78, 5) is 12.8. The van der Waals surface area contributed by atoms with Gasteiger partial charge in [0.25, 0.3) is 0 Å². The van der Waals surface area contributed by atoms with Crippen LogP contribution in [-0.2, 0) is 9.53 Å². The van der Waals surface area contributed by atoms with Gasteiger partial charge >= 0.3 is 0 Å². The Labute approximate surface area is 139 Å². The van der Waals surface area contributed by atoms with E-state index in [2.05, 4.69) is 37.4 Å². The van der Waals surface area contributed by atoms with Gasteiger partial charge < -0.3 is 15.8 Å². The van der Waals surface area contributed by atoms with E-state index in [-0.39, 0.29) is 23.5 Å². The molecule has 0 spiro atoms. The van der Waals surface area contributed by atoms with Crippen molar-refractivity contribution < 1.29 is 9.53 Å². The van der Waals surface area contributed by atoms with Crippen molar-refractivity contribution in [3.63, 3.8) is 0 Å². The van der Waals surface area contributed by atoms with Crippen molar-refractivity contribution in [3.05, 3.63) is 34.9 Å². The Hall–Kier alpha value is -1.39. The molecule has 3 unspecified atom stereocenters. The van der Waals surface area contributed by atoms with Crippen LogP contribution in [0.1, 0.15) is 56.8 Å². The third kappa shape index (κ3) is 3.15. The molecule has 0 heterocycles. The van der Waals surface area contributed by atoms with Crippen LogP contribution in [0.2, 0.25) is 0 Å². The van der Waals surface area contributed by atoms with Gasteiger partial charge in [0.2, 0.25) is 5.91 Å². The van der Waals surface area contributed by atoms with Gasteiger partial charge in [-0.3, -0.25) is 4.79 Å². The summed E-state index contributed by atoms with van der Waals surface area (Å²) in [7, 11) is 0. The Kier molecular flexibility index (Phi) is 4.88. The number of ether oxygens (including phenoxy) is 1. The van der Waals surface area contributed by atoms with Gasteiger partial charge in [0.05, 0.1) is 12.1 Å². The van der Waals surface area contributed by atoms with Gasteiger partial charge in [-0.2, -0.15) is 0 Å². The first-order valence-electron chi connectivity index (χ1n) is 8.41. The zero-order valence-electron chi connectivity index (χ0n) is 15.2. The van der Waals surface area contributed by atoms with E-state index in [9.17, 15) is 4.79 Å². The molecule has 0 aliphatic heterocycles. The van der Waals surface area contributed by atoms with Crippen LogP contribution in [0.3, 0.4) is 0 Å². The number of rotatable bonds is 5. The maximum absolute atomic E-state index is 12.8. The largest absolute Gasteiger partial charge is 0.378 e. The number of hydrogen-bond acceptors (Lipinski definition) is 3. The lowest BCUT2D eigenvalue weighted by molar-refractivity contribution is -0.171. The van der Waals surface area contributed by atoms with E-state index in [0.717, 1.165) is 5.56 Å². The van der Waals surface area contributed by atoms with Crippen molar-refractivity contribution in [1.82, 2.24) is 5.32 Å². The normalized spacial score (nSPS) is 27.2. The highest BCUT2D eigenvalue weighted by atomic mass is 16.5. The molecule has 0 radical (unpaired) electrons. The van der Waals surface area contributed by atoms with Crippen LogP contribution in [0.25, 0.3) is 0 Å². The second-order valence-electron chi connectivity index (χ2n) is 7.46. The topological polar surface area (TPSA) is 64.3 Å². The van der Waals surface area contributed by atoms with E-state index in [4.69, 9.17) is 10.5 Å². The monoisotopic (exact) mass is 318 g/mol. The Balaban J connectivity index is 2.10. The molecule has 1 saturated carbocycles. The Bertz CT molecular complexity index is 577. The summed E-state index contributed by atoms with van der Waals surface area (Å²) >= 11 is 0. The number of amides is 1. The quantitative estimate of drug-likeness (QED) is 0.877. The SMILES string of the molecule is CCOC1CC(N)(C(=O)NC(C)c2cc(C)cc(C)c2)C1(C)C. The molecule has 1 aromatic rings. The first kappa shape index (κ1) is 18.0. The van der Waals surface area contributed by atoms with Crippen LogP contribution >= 0.6 is 0 Å². The predicted molar refractivity (Wildman–Crippen MR) is 93.2 cm³/mol. The van der Waals surface area contributed by atoms with Gasteiger partial charge in [-0.15, -0.1) is 0 Å². The number of benzene rings is 1. The number of hydrogen-bond donors (Lipinski definition) is 2. The highest BCUT2D eigenvalue weighted by Gasteiger charge is 2.62. The first-order chi connectivity index (χ1) is 10.6. The summed E-state index contributed by atoms with van der Waals surface area (Å²) < 4.78 is 5.70. The molecule has 0 bridgehead atoms. The van der Waals surface area contributed by atoms with Gasteiger partial charge in [0, 0.05) is 18.4 Å². The highest BCUT2D eigenvalue weighted by Crippen LogP contribution is 2.50. The van der Waals surface area contributed by atoms with Crippen LogP contribution in [0.5, 0.6) is 0 Å². The predicted octanol–water partition coefficient (Wildman–Crippen LogP) is 3.01. The third-order valence-electron chi connectivity index (χ3n) is 5.33. The standard InChI is InChI=1S/C19H30N2O2/c1-7-23-16-11-19(20,18(16,5)6)17(22)21-14(4)15-9-12(2)8-13(3)10-15/h8-10,14,16H,7,11,20H2,1-6H3,(H,21,22). The van der Waals surface area contributed by atoms with Crippen LogP contribution in [-0.4, -0.2) is 24.2 Å². The van der Waals surface area contributed by atoms with E-state index in [0.29, 0.717) is 13.0 Å². The van der Waals surface area contributed by atoms with Crippen molar-refractivity contribution in [2.45, 2.75) is 65.6 Å². The third-order valence-corrected chi connectivity index (χ3v) is 5.33. The summed E-state index contributed by atoms with van der Waals surface area (Å²) in [5, 5.41) is 3.09. The van der Waals surface area contributed by atoms with E-state index in [1.165, 1.54) is 11.1 Å². The maximum Gasteiger partial charge on any atom is 0.241 e. The van der Waals surface area contributed by atoms with Gasteiger partial charge in [-0.25, -0.2) is 0 Å². The number of aryl methyl sites for hydroxylation is 2. The number of carbonyl (C=O) groups is 1. The molecule has 128 valence electrons. The summed E-state index contributed by atoms with van der Waals surface area (Å²) in [6.45, 7) is 12.8. The van der Waals surface area contributed by atoms with Crippen molar-refractivity contribution in [2.75, 3.05) is 6.61 Å². The minimum absolute atomic E-state index is 0.0415. The van der Waals surface area contributed by atoms with Crippen molar-refractivity contribution >= 4 is 5.91 Å². The van der Waals surface area contributed by atoms with Gasteiger partial charge in [-0.05, 0) is 33.3 Å². The Morgan fingerprint density at radius 2 is 1.91 bits per heavy atom. The number of nitrogens with two attached hydrogens (primary N) is 1. The molecule has 1 aliphatic rings. The van der Waals surface area contributed by atoms with E-state index in [1.54, 1.807) is 0 Å². The average Bonchev–Trinajstić information content (AvgIpc) is 2.45. The minimum Gasteiger partial charge on any atom is -0.378 e. The molecule has 0 saturated heterocycles. The fourth-order valence-corrected chi connectivity index (χ4v) is 3.49. The molecule has 3 N–H and O–H groups in total. The number of nitrogens with one attached hydrogen (secondary N) is 1. The zero-order chi connectivity index (χ0) is 17.4. The molecule has 0 aromatic heterocycles. The van der Waals surface area contributed by atoms with E-state index in [1.807, 2.05) is 27.7 Å². The van der Waals surface area contributed by atoms with Crippen molar-refractivity contribution in [1.29, 1.82) is 0 Å². The van der Waals surface area contributed by atoms with Crippen LogP contribution in [0, 0.1) is 19.3 Å². The van der Waals surface area contributed by atoms with Crippen LogP contribution in [0.15, 0.2) is 18.2 Å². The molecule has 23 heavy (non-hydrogen) atoms. The zero-order valence-corrected chi connectivity index (χ0v) is 15.2. The van der Waals surface area contributed by atoms with Crippen LogP contribution in [0.4, 0.5) is 0 Å². The lowest BCUT2D eigenvalue weighted by Gasteiger charge is -2.57. The molecule has 4 heteroatoms. The molecule has 1 aromatic carbocycles. The van der Waals surface area contributed by atoms with Gasteiger partial charge in [-0.1, -0.05) is 43.2 Å². The van der Waals surface area contributed by atoms with E-state index >= 15 is 0 Å². The molecule has 1 fully saturated rings. The summed E-state index contributed by atoms with van der Waals surface area (Å²) in [6, 6.07) is 6.28. The van der Waals surface area contributed by atoms with E-state index < -0.39 is 5.54 Å². The average molecular weight is 318 g/mol. The lowest BCUT2D eigenvalue weighted by atomic mass is 9.54. The van der Waals surface area contributed by atoms with Gasteiger partial charge in [0.15, 0.2) is 0 Å². The second-order valence-corrected chi connectivity index (χ2v) is 7.46. The summed E-state index contributed by atoms with van der Waals surface area (Å²) in [6.07, 6.45) is 0.610. The minimum atomic E-state index is -0.875. The first-order valence-corrected chi connectivity index (χ1v) is 8.41. The highest BCUT2D eigenvalue weighted by molar-refractivity contribution is 5.89. The molecule has 3 atom stereocenters. The van der Waals surface area contributed by atoms with Crippen molar-refractivity contribution in [3.8, 4) is 0 Å². The van der Waals surface area contributed by atoms with Crippen LogP contribution < -0.4 is 11.1 Å². The fraction of sp³-hybridized carbons (Fsp3) is 0.632. The number of carbonyl (C=O) groups excluding carboxylic acids is 1. The summed E-state index contributed by atoms with van der Waals surface area (Å²) in [5.41, 5.74) is 8.70. The lowest BCUT2D eigenvalue weighted by Crippen LogP contribution is -2.75. The Morgan fingerprint density at radius 3 is 2.39 bits per heavy atom. The molecule has 4 nitrogen and oxygen atoms in total. The summed E-state index contributed by atoms with van der Waals surface area (Å²) in [5.74, 6) is -0.0925. The Morgan fingerprint density at radius 1 is 1.35 bits per heavy atom. The maximum atomic E-state index is 12.8. The molecular formula is C19H30N2O2. The smallest absolute Gasteiger partial charge is 0.241 e. The van der Waals surface area contributed by atoms with Crippen molar-refractivity contribution in [2.24, 2.45) is 11.1 Å². The van der Waals surface area contributed by atoms with Gasteiger partial charge in [0.1, 0.15) is 5.54 Å². The molecular weight excluding hydrogens is 288 g/mol. The molecule has 1 aliphatic carbocycles.